The fourth-order valence-electron chi connectivity index (χ4n) is 1.50. The number of nitro groups is 1. The minimum Gasteiger partial charge on any atom is -0.338 e. The number of nitriles is 1. The molecule has 19 heavy (non-hydrogen) atoms. The van der Waals surface area contributed by atoms with Crippen molar-refractivity contribution in [1.82, 2.24) is 4.90 Å². The average Bonchev–Trinajstić information content (AvgIpc) is 2.36. The molecule has 1 aromatic rings. The smallest absolute Gasteiger partial charge is 0.282 e. The summed E-state index contributed by atoms with van der Waals surface area (Å²) in [6.07, 6.45) is 0.149. The third kappa shape index (κ3) is 3.42. The summed E-state index contributed by atoms with van der Waals surface area (Å²) >= 11 is 5.77. The van der Waals surface area contributed by atoms with E-state index < -0.39 is 10.8 Å². The average molecular weight is 282 g/mol. The van der Waals surface area contributed by atoms with Gasteiger partial charge in [-0.3, -0.25) is 14.9 Å². The van der Waals surface area contributed by atoms with Crippen molar-refractivity contribution in [3.63, 3.8) is 0 Å². The van der Waals surface area contributed by atoms with E-state index >= 15 is 0 Å². The first-order valence-corrected chi connectivity index (χ1v) is 5.84. The van der Waals surface area contributed by atoms with Crippen molar-refractivity contribution >= 4 is 23.2 Å². The molecule has 0 saturated heterocycles. The summed E-state index contributed by atoms with van der Waals surface area (Å²) in [5.74, 6) is -0.531. The highest BCUT2D eigenvalue weighted by Gasteiger charge is 2.25. The van der Waals surface area contributed by atoms with Crippen molar-refractivity contribution in [1.29, 1.82) is 5.26 Å². The van der Waals surface area contributed by atoms with Crippen LogP contribution >= 0.6 is 11.6 Å². The van der Waals surface area contributed by atoms with Gasteiger partial charge in [0, 0.05) is 24.2 Å². The van der Waals surface area contributed by atoms with Gasteiger partial charge in [-0.2, -0.15) is 5.26 Å². The van der Waals surface area contributed by atoms with Crippen LogP contribution in [-0.2, 0) is 0 Å². The van der Waals surface area contributed by atoms with Gasteiger partial charge in [0.2, 0.25) is 0 Å². The Labute approximate surface area is 115 Å². The fraction of sp³-hybridized carbons (Fsp3) is 0.333. The van der Waals surface area contributed by atoms with Gasteiger partial charge in [0.05, 0.1) is 17.4 Å². The lowest BCUT2D eigenvalue weighted by atomic mass is 10.1. The van der Waals surface area contributed by atoms with Gasteiger partial charge in [-0.1, -0.05) is 11.6 Å². The molecule has 0 N–H and O–H groups in total. The van der Waals surface area contributed by atoms with E-state index in [0.717, 1.165) is 0 Å². The third-order valence-corrected chi connectivity index (χ3v) is 2.99. The second kappa shape index (κ2) is 6.16. The molecule has 100 valence electrons. The summed E-state index contributed by atoms with van der Waals surface area (Å²) in [4.78, 5) is 23.7. The van der Waals surface area contributed by atoms with Gasteiger partial charge in [0.15, 0.2) is 0 Å². The Morgan fingerprint density at radius 1 is 1.63 bits per heavy atom. The lowest BCUT2D eigenvalue weighted by Gasteiger charge is -2.22. The Balaban J connectivity index is 3.15. The number of halogens is 1. The maximum Gasteiger partial charge on any atom is 0.282 e. The second-order valence-corrected chi connectivity index (χ2v) is 4.48. The first-order valence-electron chi connectivity index (χ1n) is 5.46. The number of hydrogen-bond donors (Lipinski definition) is 0. The van der Waals surface area contributed by atoms with Crippen molar-refractivity contribution in [2.75, 3.05) is 7.05 Å². The van der Waals surface area contributed by atoms with E-state index in [4.69, 9.17) is 16.9 Å². The van der Waals surface area contributed by atoms with E-state index in [1.807, 2.05) is 6.07 Å². The van der Waals surface area contributed by atoms with Gasteiger partial charge in [-0.05, 0) is 19.1 Å². The number of amides is 1. The zero-order valence-corrected chi connectivity index (χ0v) is 11.2. The minimum absolute atomic E-state index is 0.0789. The number of carbonyl (C=O) groups is 1. The summed E-state index contributed by atoms with van der Waals surface area (Å²) < 4.78 is 0. The molecular formula is C12H12ClN3O3. The summed E-state index contributed by atoms with van der Waals surface area (Å²) in [7, 11) is 1.50. The quantitative estimate of drug-likeness (QED) is 0.627. The first-order chi connectivity index (χ1) is 8.88. The molecule has 0 bridgehead atoms. The Morgan fingerprint density at radius 3 is 2.79 bits per heavy atom. The van der Waals surface area contributed by atoms with Crippen LogP contribution in [0.5, 0.6) is 0 Å². The van der Waals surface area contributed by atoms with Crippen molar-refractivity contribution in [2.45, 2.75) is 19.4 Å². The highest BCUT2D eigenvalue weighted by atomic mass is 35.5. The van der Waals surface area contributed by atoms with Crippen LogP contribution in [0.2, 0.25) is 5.02 Å². The molecule has 0 aliphatic heterocycles. The summed E-state index contributed by atoms with van der Waals surface area (Å²) in [6, 6.07) is 5.42. The molecule has 0 fully saturated rings. The molecule has 0 saturated carbocycles. The maximum absolute atomic E-state index is 12.2. The van der Waals surface area contributed by atoms with E-state index in [0.29, 0.717) is 0 Å². The third-order valence-electron chi connectivity index (χ3n) is 2.75. The molecule has 0 aliphatic carbocycles. The molecule has 1 unspecified atom stereocenters. The highest BCUT2D eigenvalue weighted by molar-refractivity contribution is 6.31. The molecular weight excluding hydrogens is 270 g/mol. The molecule has 1 rings (SSSR count). The Bertz CT molecular complexity index is 554. The van der Waals surface area contributed by atoms with Crippen molar-refractivity contribution in [3.05, 3.63) is 38.9 Å². The molecule has 1 amide bonds. The SMILES string of the molecule is CC(CC#N)N(C)C(=O)c1cc(Cl)ccc1[N+](=O)[O-]. The van der Waals surface area contributed by atoms with Crippen LogP contribution < -0.4 is 0 Å². The molecule has 7 heteroatoms. The van der Waals surface area contributed by atoms with Gasteiger partial charge < -0.3 is 4.90 Å². The van der Waals surface area contributed by atoms with Crippen LogP contribution in [0.15, 0.2) is 18.2 Å². The number of hydrogen-bond acceptors (Lipinski definition) is 4. The number of rotatable bonds is 4. The summed E-state index contributed by atoms with van der Waals surface area (Å²) in [5.41, 5.74) is -0.379. The number of nitro benzene ring substituents is 1. The van der Waals surface area contributed by atoms with Gasteiger partial charge in [-0.15, -0.1) is 0 Å². The molecule has 0 radical (unpaired) electrons. The van der Waals surface area contributed by atoms with Crippen LogP contribution in [0.3, 0.4) is 0 Å². The van der Waals surface area contributed by atoms with Gasteiger partial charge in [-0.25, -0.2) is 0 Å². The standard InChI is InChI=1S/C12H12ClN3O3/c1-8(5-6-14)15(2)12(17)10-7-9(13)3-4-11(10)16(18)19/h3-4,7-8H,5H2,1-2H3. The Morgan fingerprint density at radius 2 is 2.26 bits per heavy atom. The first kappa shape index (κ1) is 14.9. The predicted octanol–water partition coefficient (Wildman–Crippen LogP) is 2.62. The van der Waals surface area contributed by atoms with Crippen LogP contribution in [0.25, 0.3) is 0 Å². The number of nitrogens with zero attached hydrogens (tertiary/aromatic N) is 3. The molecule has 0 aromatic heterocycles. The maximum atomic E-state index is 12.2. The zero-order chi connectivity index (χ0) is 14.6. The number of benzene rings is 1. The Hall–Kier alpha value is -2.13. The molecule has 1 atom stereocenters. The predicted molar refractivity (Wildman–Crippen MR) is 69.9 cm³/mol. The van der Waals surface area contributed by atoms with Crippen molar-refractivity contribution in [2.24, 2.45) is 0 Å². The van der Waals surface area contributed by atoms with E-state index in [9.17, 15) is 14.9 Å². The lowest BCUT2D eigenvalue weighted by molar-refractivity contribution is -0.385. The normalized spacial score (nSPS) is 11.5. The van der Waals surface area contributed by atoms with E-state index in [-0.39, 0.29) is 28.7 Å². The van der Waals surface area contributed by atoms with Crippen LogP contribution in [0, 0.1) is 21.4 Å². The fourth-order valence-corrected chi connectivity index (χ4v) is 1.67. The van der Waals surface area contributed by atoms with Gasteiger partial charge in [0.25, 0.3) is 11.6 Å². The van der Waals surface area contributed by atoms with Crippen LogP contribution in [-0.4, -0.2) is 28.8 Å². The highest BCUT2D eigenvalue weighted by Crippen LogP contribution is 2.24. The monoisotopic (exact) mass is 281 g/mol. The lowest BCUT2D eigenvalue weighted by Crippen LogP contribution is -2.35. The van der Waals surface area contributed by atoms with E-state index in [1.54, 1.807) is 6.92 Å². The largest absolute Gasteiger partial charge is 0.338 e. The van der Waals surface area contributed by atoms with Gasteiger partial charge in [0.1, 0.15) is 5.56 Å². The van der Waals surface area contributed by atoms with E-state index in [2.05, 4.69) is 0 Å². The molecule has 6 nitrogen and oxygen atoms in total. The zero-order valence-electron chi connectivity index (χ0n) is 10.5. The Kier molecular flexibility index (Phi) is 4.84. The number of carbonyl (C=O) groups excluding carboxylic acids is 1. The van der Waals surface area contributed by atoms with Crippen LogP contribution in [0.1, 0.15) is 23.7 Å². The summed E-state index contributed by atoms with van der Waals surface area (Å²) in [6.45, 7) is 1.69. The van der Waals surface area contributed by atoms with Crippen LogP contribution in [0.4, 0.5) is 5.69 Å². The van der Waals surface area contributed by atoms with Gasteiger partial charge >= 0.3 is 0 Å². The molecule has 0 heterocycles. The molecule has 0 aliphatic rings. The minimum atomic E-state index is -0.633. The van der Waals surface area contributed by atoms with Crippen molar-refractivity contribution in [3.8, 4) is 6.07 Å². The second-order valence-electron chi connectivity index (χ2n) is 4.05. The van der Waals surface area contributed by atoms with E-state index in [1.165, 1.54) is 30.1 Å². The molecule has 0 spiro atoms. The topological polar surface area (TPSA) is 87.2 Å². The molecule has 1 aromatic carbocycles. The summed E-state index contributed by atoms with van der Waals surface area (Å²) in [5, 5.41) is 19.7. The van der Waals surface area contributed by atoms with Crippen molar-refractivity contribution < 1.29 is 9.72 Å².